The number of aromatic nitrogens is 3. The van der Waals surface area contributed by atoms with E-state index in [0.29, 0.717) is 35.0 Å². The van der Waals surface area contributed by atoms with E-state index in [9.17, 15) is 18.3 Å². The molecule has 30 heavy (non-hydrogen) atoms. The Hall–Kier alpha value is -2.94. The Balaban J connectivity index is 1.57. The summed E-state index contributed by atoms with van der Waals surface area (Å²) in [7, 11) is 0. The van der Waals surface area contributed by atoms with Crippen molar-refractivity contribution in [2.75, 3.05) is 24.6 Å². The molecule has 4 heterocycles. The predicted octanol–water partition coefficient (Wildman–Crippen LogP) is 4.18. The van der Waals surface area contributed by atoms with Crippen molar-refractivity contribution in [2.24, 2.45) is 0 Å². The van der Waals surface area contributed by atoms with Crippen LogP contribution in [0.1, 0.15) is 24.8 Å². The molecular weight excluding hydrogens is 397 g/mol. The maximum atomic E-state index is 12.9. The van der Waals surface area contributed by atoms with Gasteiger partial charge in [0.15, 0.2) is 5.82 Å². The van der Waals surface area contributed by atoms with Gasteiger partial charge in [-0.25, -0.2) is 0 Å². The van der Waals surface area contributed by atoms with Crippen LogP contribution in [-0.2, 0) is 10.9 Å². The highest BCUT2D eigenvalue weighted by Gasteiger charge is 2.42. The molecule has 1 atom stereocenters. The van der Waals surface area contributed by atoms with Crippen molar-refractivity contribution < 1.29 is 23.0 Å². The van der Waals surface area contributed by atoms with Gasteiger partial charge in [0.1, 0.15) is 17.0 Å². The summed E-state index contributed by atoms with van der Waals surface area (Å²) in [4.78, 5) is 6.57. The molecule has 1 aromatic carbocycles. The van der Waals surface area contributed by atoms with Crippen molar-refractivity contribution in [1.82, 2.24) is 15.2 Å². The molecule has 0 saturated carbocycles. The van der Waals surface area contributed by atoms with Gasteiger partial charge in [0.2, 0.25) is 0 Å². The summed E-state index contributed by atoms with van der Waals surface area (Å²) in [6.45, 7) is 2.24. The van der Waals surface area contributed by atoms with Gasteiger partial charge >= 0.3 is 6.18 Å². The van der Waals surface area contributed by atoms with Crippen LogP contribution in [0.5, 0.6) is 5.75 Å². The van der Waals surface area contributed by atoms with E-state index in [2.05, 4.69) is 20.1 Å². The van der Waals surface area contributed by atoms with Gasteiger partial charge in [-0.15, -0.1) is 10.2 Å². The van der Waals surface area contributed by atoms with Gasteiger partial charge in [-0.1, -0.05) is 0 Å². The van der Waals surface area contributed by atoms with E-state index in [1.165, 1.54) is 6.07 Å². The maximum absolute atomic E-state index is 12.9. The first-order valence-corrected chi connectivity index (χ1v) is 9.77. The molecule has 5 rings (SSSR count). The number of hydrogen-bond acceptors (Lipinski definition) is 6. The van der Waals surface area contributed by atoms with E-state index in [-0.39, 0.29) is 11.2 Å². The molecule has 1 spiro atoms. The quantitative estimate of drug-likeness (QED) is 0.676. The Labute approximate surface area is 170 Å². The number of phenols is 1. The van der Waals surface area contributed by atoms with Crippen LogP contribution in [0.15, 0.2) is 36.5 Å². The van der Waals surface area contributed by atoms with E-state index in [1.807, 2.05) is 0 Å². The van der Waals surface area contributed by atoms with Crippen molar-refractivity contribution in [3.63, 3.8) is 0 Å². The van der Waals surface area contributed by atoms with E-state index in [0.717, 1.165) is 38.5 Å². The molecular formula is C21H19F3N4O2. The molecule has 1 N–H and O–H groups in total. The topological polar surface area (TPSA) is 71.4 Å². The number of phenolic OH excluding ortho intramolecular Hbond substituents is 1. The van der Waals surface area contributed by atoms with Crippen molar-refractivity contribution in [2.45, 2.75) is 31.0 Å². The highest BCUT2D eigenvalue weighted by atomic mass is 19.4. The fourth-order valence-electron chi connectivity index (χ4n) is 4.40. The summed E-state index contributed by atoms with van der Waals surface area (Å²) in [6.07, 6.45) is 0.0693. The van der Waals surface area contributed by atoms with Crippen LogP contribution in [-0.4, -0.2) is 45.6 Å². The number of aromatic hydroxyl groups is 1. The van der Waals surface area contributed by atoms with Crippen LogP contribution in [0.2, 0.25) is 0 Å². The first kappa shape index (κ1) is 19.0. The number of nitrogens with zero attached hydrogens (tertiary/aromatic N) is 4. The number of benzene rings is 1. The molecule has 2 aliphatic rings. The Kier molecular flexibility index (Phi) is 4.32. The zero-order chi connectivity index (χ0) is 20.9. The minimum absolute atomic E-state index is 0.146. The zero-order valence-corrected chi connectivity index (χ0v) is 16.0. The average Bonchev–Trinajstić information content (AvgIpc) is 3.36. The van der Waals surface area contributed by atoms with Gasteiger partial charge < -0.3 is 14.7 Å². The van der Waals surface area contributed by atoms with Gasteiger partial charge in [-0.05, 0) is 49.6 Å². The van der Waals surface area contributed by atoms with Crippen LogP contribution < -0.4 is 4.90 Å². The molecule has 156 valence electrons. The largest absolute Gasteiger partial charge is 0.507 e. The van der Waals surface area contributed by atoms with Gasteiger partial charge in [-0.3, -0.25) is 4.98 Å². The van der Waals surface area contributed by atoms with Gasteiger partial charge in [-0.2, -0.15) is 13.2 Å². The van der Waals surface area contributed by atoms with Crippen molar-refractivity contribution in [3.8, 4) is 17.0 Å². The Bertz CT molecular complexity index is 1110. The number of pyridine rings is 1. The summed E-state index contributed by atoms with van der Waals surface area (Å²) < 4.78 is 44.8. The number of hydrogen-bond donors (Lipinski definition) is 1. The number of halogens is 3. The summed E-state index contributed by atoms with van der Waals surface area (Å²) in [5, 5.41) is 19.5. The summed E-state index contributed by atoms with van der Waals surface area (Å²) >= 11 is 0. The zero-order valence-electron chi connectivity index (χ0n) is 16.0. The first-order valence-electron chi connectivity index (χ1n) is 9.77. The third-order valence-corrected chi connectivity index (χ3v) is 5.90. The van der Waals surface area contributed by atoms with E-state index in [4.69, 9.17) is 4.74 Å². The van der Waals surface area contributed by atoms with Crippen LogP contribution in [0.4, 0.5) is 19.0 Å². The molecule has 6 nitrogen and oxygen atoms in total. The third-order valence-electron chi connectivity index (χ3n) is 5.90. The molecule has 0 bridgehead atoms. The Morgan fingerprint density at radius 3 is 2.73 bits per heavy atom. The molecule has 2 aliphatic heterocycles. The fourth-order valence-corrected chi connectivity index (χ4v) is 4.40. The first-order chi connectivity index (χ1) is 14.4. The van der Waals surface area contributed by atoms with E-state index in [1.54, 1.807) is 18.3 Å². The molecule has 2 aromatic heterocycles. The van der Waals surface area contributed by atoms with Crippen LogP contribution in [0, 0.1) is 0 Å². The second-order valence-electron chi connectivity index (χ2n) is 7.81. The lowest BCUT2D eigenvalue weighted by Crippen LogP contribution is -2.32. The van der Waals surface area contributed by atoms with Crippen molar-refractivity contribution in [3.05, 3.63) is 42.1 Å². The SMILES string of the molecule is Oc1cc(C(F)(F)F)ccc1-c1nnc(N2CCC3(CCCO3)C2)c2ncccc12. The second-order valence-corrected chi connectivity index (χ2v) is 7.81. The highest BCUT2D eigenvalue weighted by Crippen LogP contribution is 2.41. The molecule has 0 radical (unpaired) electrons. The summed E-state index contributed by atoms with van der Waals surface area (Å²) in [6, 6.07) is 6.35. The Morgan fingerprint density at radius 1 is 1.13 bits per heavy atom. The Morgan fingerprint density at radius 2 is 2.00 bits per heavy atom. The molecule has 0 amide bonds. The number of anilines is 1. The summed E-state index contributed by atoms with van der Waals surface area (Å²) in [5.74, 6) is 0.115. The van der Waals surface area contributed by atoms with E-state index < -0.39 is 17.5 Å². The lowest BCUT2D eigenvalue weighted by atomic mass is 10.00. The average molecular weight is 416 g/mol. The monoisotopic (exact) mass is 416 g/mol. The normalized spacial score (nSPS) is 21.8. The molecule has 9 heteroatoms. The smallest absolute Gasteiger partial charge is 0.416 e. The molecule has 3 aromatic rings. The second kappa shape index (κ2) is 6.80. The summed E-state index contributed by atoms with van der Waals surface area (Å²) in [5.41, 5.74) is -0.00429. The molecule has 0 aliphatic carbocycles. The van der Waals surface area contributed by atoms with E-state index >= 15 is 0 Å². The van der Waals surface area contributed by atoms with Gasteiger partial charge in [0, 0.05) is 36.8 Å². The lowest BCUT2D eigenvalue weighted by molar-refractivity contribution is -0.137. The minimum atomic E-state index is -4.54. The lowest BCUT2D eigenvalue weighted by Gasteiger charge is -2.24. The third kappa shape index (κ3) is 3.13. The minimum Gasteiger partial charge on any atom is -0.507 e. The number of fused-ring (bicyclic) bond motifs is 1. The van der Waals surface area contributed by atoms with Crippen molar-refractivity contribution in [1.29, 1.82) is 0 Å². The van der Waals surface area contributed by atoms with Gasteiger partial charge in [0.25, 0.3) is 0 Å². The standard InChI is InChI=1S/C21H19F3N4O2/c22-21(23,24)13-4-5-14(16(29)11-13)17-15-3-1-8-25-18(15)19(27-26-17)28-9-7-20(12-28)6-2-10-30-20/h1,3-5,8,11,29H,2,6-7,9-10,12H2. The number of alkyl halides is 3. The predicted molar refractivity (Wildman–Crippen MR) is 104 cm³/mol. The number of rotatable bonds is 2. The number of ether oxygens (including phenoxy) is 1. The molecule has 2 fully saturated rings. The van der Waals surface area contributed by atoms with Crippen LogP contribution >= 0.6 is 0 Å². The van der Waals surface area contributed by atoms with Crippen LogP contribution in [0.25, 0.3) is 22.2 Å². The molecule has 2 saturated heterocycles. The van der Waals surface area contributed by atoms with Crippen molar-refractivity contribution >= 4 is 16.7 Å². The molecule has 1 unspecified atom stereocenters. The van der Waals surface area contributed by atoms with Crippen LogP contribution in [0.3, 0.4) is 0 Å². The highest BCUT2D eigenvalue weighted by molar-refractivity contribution is 5.98. The van der Waals surface area contributed by atoms with Gasteiger partial charge in [0.05, 0.1) is 11.2 Å². The fraction of sp³-hybridized carbons (Fsp3) is 0.381. The maximum Gasteiger partial charge on any atom is 0.416 e.